The molecule has 6 heteroatoms. The molecule has 2 aromatic rings. The van der Waals surface area contributed by atoms with Crippen molar-refractivity contribution in [3.05, 3.63) is 49.1 Å². The topological polar surface area (TPSA) is 35.8 Å². The van der Waals surface area contributed by atoms with Gasteiger partial charge in [-0.1, -0.05) is 34.8 Å². The molecular formula is C12H7Cl3N2S. The van der Waals surface area contributed by atoms with Gasteiger partial charge in [0.2, 0.25) is 0 Å². The Morgan fingerprint density at radius 3 is 2.39 bits per heavy atom. The van der Waals surface area contributed by atoms with Crippen LogP contribution < -0.4 is 5.32 Å². The molecule has 0 spiro atoms. The fourth-order valence-electron chi connectivity index (χ4n) is 1.42. The molecule has 2 nitrogen and oxygen atoms in total. The van der Waals surface area contributed by atoms with E-state index < -0.39 is 0 Å². The van der Waals surface area contributed by atoms with Crippen molar-refractivity contribution in [3.63, 3.8) is 0 Å². The van der Waals surface area contributed by atoms with Crippen molar-refractivity contribution < 1.29 is 0 Å². The lowest BCUT2D eigenvalue weighted by Crippen LogP contribution is -1.98. The van der Waals surface area contributed by atoms with Crippen LogP contribution in [-0.2, 0) is 6.54 Å². The van der Waals surface area contributed by atoms with Crippen molar-refractivity contribution >= 4 is 51.8 Å². The summed E-state index contributed by atoms with van der Waals surface area (Å²) >= 11 is 19.4. The zero-order chi connectivity index (χ0) is 13.1. The minimum Gasteiger partial charge on any atom is -0.378 e. The molecule has 0 unspecified atom stereocenters. The number of halogens is 3. The highest BCUT2D eigenvalue weighted by Crippen LogP contribution is 2.34. The second-order valence-electron chi connectivity index (χ2n) is 3.51. The van der Waals surface area contributed by atoms with Crippen LogP contribution in [0.3, 0.4) is 0 Å². The van der Waals surface area contributed by atoms with Gasteiger partial charge in [-0.25, -0.2) is 0 Å². The predicted octanol–water partition coefficient (Wildman–Crippen LogP) is 5.19. The Kier molecular flexibility index (Phi) is 4.36. The Morgan fingerprint density at radius 2 is 1.83 bits per heavy atom. The molecule has 0 bridgehead atoms. The monoisotopic (exact) mass is 316 g/mol. The van der Waals surface area contributed by atoms with E-state index in [1.54, 1.807) is 12.1 Å². The van der Waals surface area contributed by atoms with Gasteiger partial charge in [-0.3, -0.25) is 0 Å². The summed E-state index contributed by atoms with van der Waals surface area (Å²) in [5, 5.41) is 15.1. The van der Waals surface area contributed by atoms with Crippen molar-refractivity contribution in [2.75, 3.05) is 5.32 Å². The van der Waals surface area contributed by atoms with E-state index in [-0.39, 0.29) is 0 Å². The fourth-order valence-corrected chi connectivity index (χ4v) is 3.12. The highest BCUT2D eigenvalue weighted by molar-refractivity contribution is 7.10. The van der Waals surface area contributed by atoms with Crippen molar-refractivity contribution in [1.82, 2.24) is 0 Å². The Bertz CT molecular complexity index is 593. The Morgan fingerprint density at radius 1 is 1.17 bits per heavy atom. The first-order valence-corrected chi connectivity index (χ1v) is 6.97. The van der Waals surface area contributed by atoms with Crippen molar-refractivity contribution in [3.8, 4) is 6.07 Å². The molecule has 0 aliphatic rings. The van der Waals surface area contributed by atoms with Crippen LogP contribution in [0.15, 0.2) is 23.6 Å². The summed E-state index contributed by atoms with van der Waals surface area (Å²) < 4.78 is 0. The van der Waals surface area contributed by atoms with Crippen LogP contribution in [0.4, 0.5) is 5.69 Å². The highest BCUT2D eigenvalue weighted by Gasteiger charge is 2.08. The van der Waals surface area contributed by atoms with Crippen LogP contribution in [0.1, 0.15) is 10.4 Å². The molecule has 18 heavy (non-hydrogen) atoms. The zero-order valence-corrected chi connectivity index (χ0v) is 12.1. The lowest BCUT2D eigenvalue weighted by molar-refractivity contribution is 1.19. The van der Waals surface area contributed by atoms with E-state index in [1.165, 1.54) is 11.3 Å². The van der Waals surface area contributed by atoms with E-state index >= 15 is 0 Å². The van der Waals surface area contributed by atoms with E-state index in [0.717, 1.165) is 4.88 Å². The van der Waals surface area contributed by atoms with E-state index in [1.807, 2.05) is 11.4 Å². The standard InChI is InChI=1S/C12H7Cl3N2S/c13-8-2-10(14)12(11(15)3-8)17-5-9-1-7(4-16)6-18-9/h1-3,6,17H,5H2. The summed E-state index contributed by atoms with van der Waals surface area (Å²) in [5.74, 6) is 0. The molecule has 0 saturated carbocycles. The van der Waals surface area contributed by atoms with E-state index in [9.17, 15) is 0 Å². The van der Waals surface area contributed by atoms with Gasteiger partial charge in [0, 0.05) is 21.8 Å². The maximum atomic E-state index is 8.73. The van der Waals surface area contributed by atoms with E-state index in [0.29, 0.717) is 32.9 Å². The number of hydrogen-bond acceptors (Lipinski definition) is 3. The lowest BCUT2D eigenvalue weighted by Gasteiger charge is -2.09. The first-order valence-electron chi connectivity index (χ1n) is 4.96. The number of thiophene rings is 1. The summed E-state index contributed by atoms with van der Waals surface area (Å²) in [6, 6.07) is 7.18. The van der Waals surface area contributed by atoms with Gasteiger partial charge in [0.1, 0.15) is 6.07 Å². The van der Waals surface area contributed by atoms with Crippen LogP contribution in [0.25, 0.3) is 0 Å². The highest BCUT2D eigenvalue weighted by atomic mass is 35.5. The molecule has 1 N–H and O–H groups in total. The van der Waals surface area contributed by atoms with Crippen LogP contribution >= 0.6 is 46.1 Å². The number of nitriles is 1. The van der Waals surface area contributed by atoms with Gasteiger partial charge < -0.3 is 5.32 Å². The summed E-state index contributed by atoms with van der Waals surface area (Å²) in [4.78, 5) is 1.04. The molecule has 0 fully saturated rings. The summed E-state index contributed by atoms with van der Waals surface area (Å²) in [5.41, 5.74) is 1.31. The molecule has 2 rings (SSSR count). The predicted molar refractivity (Wildman–Crippen MR) is 77.8 cm³/mol. The van der Waals surface area contributed by atoms with Crippen molar-refractivity contribution in [1.29, 1.82) is 5.26 Å². The molecule has 0 saturated heterocycles. The smallest absolute Gasteiger partial charge is 0.100 e. The van der Waals surface area contributed by atoms with E-state index in [2.05, 4.69) is 11.4 Å². The van der Waals surface area contributed by atoms with Gasteiger partial charge >= 0.3 is 0 Å². The Labute approximate surface area is 124 Å². The third-order valence-corrected chi connectivity index (χ3v) is 3.98. The number of anilines is 1. The fraction of sp³-hybridized carbons (Fsp3) is 0.0833. The average molecular weight is 318 g/mol. The first-order chi connectivity index (χ1) is 8.60. The third-order valence-electron chi connectivity index (χ3n) is 2.23. The van der Waals surface area contributed by atoms with Gasteiger partial charge in [0.05, 0.1) is 21.3 Å². The van der Waals surface area contributed by atoms with Gasteiger partial charge in [0.15, 0.2) is 0 Å². The van der Waals surface area contributed by atoms with Crippen molar-refractivity contribution in [2.24, 2.45) is 0 Å². The number of hydrogen-bond donors (Lipinski definition) is 1. The quantitative estimate of drug-likeness (QED) is 0.845. The first kappa shape index (κ1) is 13.5. The number of nitrogens with zero attached hydrogens (tertiary/aromatic N) is 1. The molecular weight excluding hydrogens is 311 g/mol. The summed E-state index contributed by atoms with van der Waals surface area (Å²) in [6.07, 6.45) is 0. The second kappa shape index (κ2) is 5.81. The molecule has 0 radical (unpaired) electrons. The van der Waals surface area contributed by atoms with E-state index in [4.69, 9.17) is 40.1 Å². The second-order valence-corrected chi connectivity index (χ2v) is 5.76. The molecule has 1 aromatic carbocycles. The molecule has 1 heterocycles. The SMILES string of the molecule is N#Cc1csc(CNc2c(Cl)cc(Cl)cc2Cl)c1. The summed E-state index contributed by atoms with van der Waals surface area (Å²) in [6.45, 7) is 0.563. The van der Waals surface area contributed by atoms with Crippen LogP contribution in [0.2, 0.25) is 15.1 Å². The normalized spacial score (nSPS) is 10.1. The number of rotatable bonds is 3. The van der Waals surface area contributed by atoms with Gasteiger partial charge in [-0.2, -0.15) is 5.26 Å². The van der Waals surface area contributed by atoms with Gasteiger partial charge in [0.25, 0.3) is 0 Å². The van der Waals surface area contributed by atoms with Crippen LogP contribution in [0, 0.1) is 11.3 Å². The molecule has 0 aliphatic carbocycles. The average Bonchev–Trinajstić information content (AvgIpc) is 2.75. The molecule has 0 aliphatic heterocycles. The molecule has 92 valence electrons. The minimum atomic E-state index is 0.476. The third kappa shape index (κ3) is 3.09. The molecule has 1 aromatic heterocycles. The minimum absolute atomic E-state index is 0.476. The molecule has 0 amide bonds. The lowest BCUT2D eigenvalue weighted by atomic mass is 10.3. The van der Waals surface area contributed by atoms with Crippen molar-refractivity contribution in [2.45, 2.75) is 6.54 Å². The number of benzene rings is 1. The molecule has 0 atom stereocenters. The van der Waals surface area contributed by atoms with Gasteiger partial charge in [-0.05, 0) is 18.2 Å². The van der Waals surface area contributed by atoms with Crippen LogP contribution in [0.5, 0.6) is 0 Å². The zero-order valence-electron chi connectivity index (χ0n) is 9.01. The largest absolute Gasteiger partial charge is 0.378 e. The summed E-state index contributed by atoms with van der Waals surface area (Å²) in [7, 11) is 0. The maximum Gasteiger partial charge on any atom is 0.100 e. The maximum absolute atomic E-state index is 8.73. The Hall–Kier alpha value is -0.920. The van der Waals surface area contributed by atoms with Crippen LogP contribution in [-0.4, -0.2) is 0 Å². The number of nitrogens with one attached hydrogen (secondary N) is 1. The Balaban J connectivity index is 2.13. The van der Waals surface area contributed by atoms with Gasteiger partial charge in [-0.15, -0.1) is 11.3 Å².